The molecule has 22 heavy (non-hydrogen) atoms. The summed E-state index contributed by atoms with van der Waals surface area (Å²) in [6.45, 7) is 1.83. The quantitative estimate of drug-likeness (QED) is 0.485. The van der Waals surface area contributed by atoms with Crippen molar-refractivity contribution in [1.82, 2.24) is 0 Å². The van der Waals surface area contributed by atoms with Crippen molar-refractivity contribution in [2.45, 2.75) is 6.92 Å². The maximum absolute atomic E-state index is 11.9. The Balaban J connectivity index is 1.95. The summed E-state index contributed by atoms with van der Waals surface area (Å²) in [6, 6.07) is 12.7. The summed E-state index contributed by atoms with van der Waals surface area (Å²) < 4.78 is 6.15. The van der Waals surface area contributed by atoms with Crippen molar-refractivity contribution in [1.29, 1.82) is 0 Å². The van der Waals surface area contributed by atoms with Crippen molar-refractivity contribution in [2.24, 2.45) is 5.16 Å². The van der Waals surface area contributed by atoms with Gasteiger partial charge in [-0.3, -0.25) is 4.79 Å². The average Bonchev–Trinajstić information content (AvgIpc) is 2.49. The number of hydrogen-bond acceptors (Lipinski definition) is 4. The Kier molecular flexibility index (Phi) is 5.55. The molecule has 0 aromatic heterocycles. The van der Waals surface area contributed by atoms with Crippen molar-refractivity contribution in [2.75, 3.05) is 11.9 Å². The molecular weight excluding hydrogens is 348 g/mol. The van der Waals surface area contributed by atoms with Crippen molar-refractivity contribution in [3.63, 3.8) is 0 Å². The topological polar surface area (TPSA) is 70.9 Å². The highest BCUT2D eigenvalue weighted by atomic mass is 79.9. The van der Waals surface area contributed by atoms with E-state index in [1.807, 2.05) is 31.2 Å². The van der Waals surface area contributed by atoms with E-state index in [1.165, 1.54) is 6.21 Å². The minimum Gasteiger partial charge on any atom is -0.483 e. The Hall–Kier alpha value is -2.34. The third-order valence-corrected chi connectivity index (χ3v) is 3.56. The molecule has 0 aliphatic heterocycles. The van der Waals surface area contributed by atoms with Crippen LogP contribution >= 0.6 is 15.9 Å². The number of nitrogens with zero attached hydrogens (tertiary/aromatic N) is 1. The summed E-state index contributed by atoms with van der Waals surface area (Å²) in [4.78, 5) is 11.9. The van der Waals surface area contributed by atoms with E-state index in [4.69, 9.17) is 9.94 Å². The van der Waals surface area contributed by atoms with Gasteiger partial charge in [-0.25, -0.2) is 0 Å². The molecule has 0 saturated heterocycles. The van der Waals surface area contributed by atoms with Crippen LogP contribution in [0.15, 0.2) is 52.1 Å². The summed E-state index contributed by atoms with van der Waals surface area (Å²) in [5, 5.41) is 14.2. The number of oxime groups is 1. The SMILES string of the molecule is Cc1ccccc1NC(=O)COc1ccc(/C=N/O)cc1Br. The Labute approximate surface area is 136 Å². The van der Waals surface area contributed by atoms with Gasteiger partial charge >= 0.3 is 0 Å². The highest BCUT2D eigenvalue weighted by Crippen LogP contribution is 2.25. The largest absolute Gasteiger partial charge is 0.483 e. The highest BCUT2D eigenvalue weighted by molar-refractivity contribution is 9.10. The molecular formula is C16H15BrN2O3. The van der Waals surface area contributed by atoms with Gasteiger partial charge in [-0.1, -0.05) is 23.4 Å². The Bertz CT molecular complexity index is 702. The van der Waals surface area contributed by atoms with Crippen molar-refractivity contribution < 1.29 is 14.7 Å². The van der Waals surface area contributed by atoms with Gasteiger partial charge in [-0.15, -0.1) is 0 Å². The molecule has 0 atom stereocenters. The Morgan fingerprint density at radius 2 is 2.14 bits per heavy atom. The van der Waals surface area contributed by atoms with Crippen molar-refractivity contribution in [3.05, 3.63) is 58.1 Å². The molecule has 5 nitrogen and oxygen atoms in total. The van der Waals surface area contributed by atoms with E-state index in [1.54, 1.807) is 18.2 Å². The lowest BCUT2D eigenvalue weighted by Gasteiger charge is -2.10. The molecule has 6 heteroatoms. The second kappa shape index (κ2) is 7.61. The van der Waals surface area contributed by atoms with Crippen LogP contribution in [0, 0.1) is 6.92 Å². The maximum atomic E-state index is 11.9. The van der Waals surface area contributed by atoms with E-state index in [0.717, 1.165) is 11.3 Å². The lowest BCUT2D eigenvalue weighted by Crippen LogP contribution is -2.20. The molecule has 2 aromatic rings. The maximum Gasteiger partial charge on any atom is 0.262 e. The smallest absolute Gasteiger partial charge is 0.262 e. The van der Waals surface area contributed by atoms with Gasteiger partial charge in [0.05, 0.1) is 10.7 Å². The Morgan fingerprint density at radius 3 is 2.82 bits per heavy atom. The number of ether oxygens (including phenoxy) is 1. The van der Waals surface area contributed by atoms with E-state index in [2.05, 4.69) is 26.4 Å². The first kappa shape index (κ1) is 16.0. The van der Waals surface area contributed by atoms with E-state index >= 15 is 0 Å². The molecule has 0 saturated carbocycles. The number of aryl methyl sites for hydroxylation is 1. The van der Waals surface area contributed by atoms with Crippen LogP contribution in [0.4, 0.5) is 5.69 Å². The average molecular weight is 363 g/mol. The predicted molar refractivity (Wildman–Crippen MR) is 88.8 cm³/mol. The molecule has 0 unspecified atom stereocenters. The number of halogens is 1. The second-order valence-electron chi connectivity index (χ2n) is 4.59. The fraction of sp³-hybridized carbons (Fsp3) is 0.125. The number of para-hydroxylation sites is 1. The summed E-state index contributed by atoms with van der Waals surface area (Å²) in [5.74, 6) is 0.303. The number of benzene rings is 2. The third kappa shape index (κ3) is 4.33. The van der Waals surface area contributed by atoms with Gasteiger partial charge in [-0.2, -0.15) is 0 Å². The van der Waals surface area contributed by atoms with Gasteiger partial charge in [0.25, 0.3) is 5.91 Å². The van der Waals surface area contributed by atoms with Crippen LogP contribution in [0.2, 0.25) is 0 Å². The predicted octanol–water partition coefficient (Wildman–Crippen LogP) is 3.58. The fourth-order valence-corrected chi connectivity index (χ4v) is 2.33. The first-order valence-electron chi connectivity index (χ1n) is 6.55. The van der Waals surface area contributed by atoms with Crippen LogP contribution in [0.1, 0.15) is 11.1 Å². The number of anilines is 1. The summed E-state index contributed by atoms with van der Waals surface area (Å²) >= 11 is 3.35. The number of amides is 1. The van der Waals surface area contributed by atoms with E-state index < -0.39 is 0 Å². The van der Waals surface area contributed by atoms with E-state index in [0.29, 0.717) is 15.8 Å². The summed E-state index contributed by atoms with van der Waals surface area (Å²) in [6.07, 6.45) is 1.30. The van der Waals surface area contributed by atoms with Crippen LogP contribution in [0.3, 0.4) is 0 Å². The number of rotatable bonds is 5. The molecule has 0 spiro atoms. The molecule has 2 N–H and O–H groups in total. The minimum absolute atomic E-state index is 0.0969. The number of nitrogens with one attached hydrogen (secondary N) is 1. The van der Waals surface area contributed by atoms with Gasteiger partial charge < -0.3 is 15.3 Å². The molecule has 0 radical (unpaired) electrons. The lowest BCUT2D eigenvalue weighted by molar-refractivity contribution is -0.118. The van der Waals surface area contributed by atoms with Gasteiger partial charge in [0.15, 0.2) is 6.61 Å². The molecule has 0 fully saturated rings. The summed E-state index contributed by atoms with van der Waals surface area (Å²) in [7, 11) is 0. The van der Waals surface area contributed by atoms with Crippen LogP contribution in [0.5, 0.6) is 5.75 Å². The van der Waals surface area contributed by atoms with E-state index in [-0.39, 0.29) is 12.5 Å². The van der Waals surface area contributed by atoms with Crippen molar-refractivity contribution >= 4 is 33.7 Å². The van der Waals surface area contributed by atoms with Gasteiger partial charge in [0, 0.05) is 5.69 Å². The Morgan fingerprint density at radius 1 is 1.36 bits per heavy atom. The normalized spacial score (nSPS) is 10.6. The number of carbonyl (C=O) groups excluding carboxylic acids is 1. The monoisotopic (exact) mass is 362 g/mol. The van der Waals surface area contributed by atoms with E-state index in [9.17, 15) is 4.79 Å². The van der Waals surface area contributed by atoms with Gasteiger partial charge in [-0.05, 0) is 58.2 Å². The first-order valence-corrected chi connectivity index (χ1v) is 7.34. The first-order chi connectivity index (χ1) is 10.6. The molecule has 114 valence electrons. The van der Waals surface area contributed by atoms with Crippen LogP contribution in [0.25, 0.3) is 0 Å². The molecule has 2 rings (SSSR count). The second-order valence-corrected chi connectivity index (χ2v) is 5.44. The number of hydrogen-bond donors (Lipinski definition) is 2. The lowest BCUT2D eigenvalue weighted by atomic mass is 10.2. The van der Waals surface area contributed by atoms with Gasteiger partial charge in [0.2, 0.25) is 0 Å². The zero-order valence-corrected chi connectivity index (χ0v) is 13.5. The standard InChI is InChI=1S/C16H15BrN2O3/c1-11-4-2-3-5-14(11)19-16(20)10-22-15-7-6-12(9-18-21)8-13(15)17/h2-9,21H,10H2,1H3,(H,19,20)/b18-9+. The molecule has 0 aliphatic rings. The summed E-state index contributed by atoms with van der Waals surface area (Å²) in [5.41, 5.74) is 2.47. The van der Waals surface area contributed by atoms with Crippen LogP contribution < -0.4 is 10.1 Å². The van der Waals surface area contributed by atoms with Crippen LogP contribution in [-0.2, 0) is 4.79 Å². The third-order valence-electron chi connectivity index (χ3n) is 2.94. The fourth-order valence-electron chi connectivity index (χ4n) is 1.82. The van der Waals surface area contributed by atoms with Crippen LogP contribution in [-0.4, -0.2) is 23.9 Å². The molecule has 1 amide bonds. The molecule has 2 aromatic carbocycles. The van der Waals surface area contributed by atoms with Gasteiger partial charge in [0.1, 0.15) is 5.75 Å². The minimum atomic E-state index is -0.234. The van der Waals surface area contributed by atoms with Crippen molar-refractivity contribution in [3.8, 4) is 5.75 Å². The molecule has 0 bridgehead atoms. The number of carbonyl (C=O) groups is 1. The molecule has 0 heterocycles. The zero-order valence-electron chi connectivity index (χ0n) is 11.9. The zero-order chi connectivity index (χ0) is 15.9. The highest BCUT2D eigenvalue weighted by Gasteiger charge is 2.07. The molecule has 0 aliphatic carbocycles.